The molecule has 1 aromatic rings. The van der Waals surface area contributed by atoms with Crippen molar-refractivity contribution in [2.45, 2.75) is 13.8 Å². The van der Waals surface area contributed by atoms with E-state index >= 15 is 0 Å². The van der Waals surface area contributed by atoms with Gasteiger partial charge >= 0.3 is 5.97 Å². The predicted molar refractivity (Wildman–Crippen MR) is 60.7 cm³/mol. The van der Waals surface area contributed by atoms with Gasteiger partial charge in [0.25, 0.3) is 5.97 Å². The number of halogens is 1. The van der Waals surface area contributed by atoms with E-state index in [2.05, 4.69) is 0 Å². The third-order valence-electron chi connectivity index (χ3n) is 1.37. The molecule has 0 radical (unpaired) electrons. The second-order valence-electron chi connectivity index (χ2n) is 2.72. The van der Waals surface area contributed by atoms with Crippen LogP contribution in [0.3, 0.4) is 0 Å². The average Bonchev–Trinajstić information content (AvgIpc) is 2.17. The topological polar surface area (TPSA) is 63.6 Å². The van der Waals surface area contributed by atoms with E-state index in [4.69, 9.17) is 26.2 Å². The minimum Gasteiger partial charge on any atom is -0.481 e. The number of esters is 1. The Kier molecular flexibility index (Phi) is 6.96. The first kappa shape index (κ1) is 14.5. The van der Waals surface area contributed by atoms with Crippen LogP contribution in [0, 0.1) is 0 Å². The predicted octanol–water partition coefficient (Wildman–Crippen LogP) is 2.61. The van der Waals surface area contributed by atoms with E-state index in [-0.39, 0.29) is 5.97 Å². The Morgan fingerprint density at radius 3 is 2.31 bits per heavy atom. The lowest BCUT2D eigenvalue weighted by atomic mass is 10.2. The van der Waals surface area contributed by atoms with Crippen LogP contribution in [0.1, 0.15) is 24.2 Å². The molecule has 0 amide bonds. The Morgan fingerprint density at radius 2 is 1.88 bits per heavy atom. The Morgan fingerprint density at radius 1 is 1.38 bits per heavy atom. The summed E-state index contributed by atoms with van der Waals surface area (Å²) < 4.78 is 4.79. The summed E-state index contributed by atoms with van der Waals surface area (Å²) in [4.78, 5) is 20.2. The van der Waals surface area contributed by atoms with Crippen molar-refractivity contribution in [1.29, 1.82) is 0 Å². The van der Waals surface area contributed by atoms with E-state index in [1.165, 1.54) is 0 Å². The highest BCUT2D eigenvalue weighted by Crippen LogP contribution is 2.15. The molecule has 0 aliphatic rings. The SMILES string of the molecule is CC(=O)O.CCOC(=O)c1ccccc1Cl. The lowest BCUT2D eigenvalue weighted by Crippen LogP contribution is -2.04. The first-order chi connectivity index (χ1) is 7.49. The maximum atomic E-state index is 11.2. The highest BCUT2D eigenvalue weighted by molar-refractivity contribution is 6.33. The third kappa shape index (κ3) is 6.03. The Bertz CT molecular complexity index is 359. The Hall–Kier alpha value is -1.55. The molecule has 0 bridgehead atoms. The third-order valence-corrected chi connectivity index (χ3v) is 1.70. The van der Waals surface area contributed by atoms with E-state index in [0.717, 1.165) is 6.92 Å². The summed E-state index contributed by atoms with van der Waals surface area (Å²) in [5.74, 6) is -1.21. The highest BCUT2D eigenvalue weighted by Gasteiger charge is 2.08. The van der Waals surface area contributed by atoms with Gasteiger partial charge in [-0.3, -0.25) is 4.79 Å². The number of aliphatic carboxylic acids is 1. The van der Waals surface area contributed by atoms with Crippen LogP contribution in [0.4, 0.5) is 0 Å². The molecule has 0 heterocycles. The molecule has 1 aromatic carbocycles. The smallest absolute Gasteiger partial charge is 0.339 e. The normalized spacial score (nSPS) is 8.69. The minimum atomic E-state index is -0.833. The van der Waals surface area contributed by atoms with E-state index in [9.17, 15) is 4.79 Å². The van der Waals surface area contributed by atoms with Gasteiger partial charge in [0.05, 0.1) is 17.2 Å². The van der Waals surface area contributed by atoms with Gasteiger partial charge in [-0.15, -0.1) is 0 Å². The number of benzene rings is 1. The van der Waals surface area contributed by atoms with Gasteiger partial charge in [0.1, 0.15) is 0 Å². The molecule has 5 heteroatoms. The summed E-state index contributed by atoms with van der Waals surface area (Å²) in [5, 5.41) is 7.84. The molecule has 1 N–H and O–H groups in total. The molecule has 0 saturated carbocycles. The maximum Gasteiger partial charge on any atom is 0.339 e. The van der Waals surface area contributed by atoms with Gasteiger partial charge in [-0.05, 0) is 19.1 Å². The monoisotopic (exact) mass is 244 g/mol. The zero-order chi connectivity index (χ0) is 12.6. The van der Waals surface area contributed by atoms with Crippen LogP contribution in [0.15, 0.2) is 24.3 Å². The molecule has 0 spiro atoms. The number of hydrogen-bond donors (Lipinski definition) is 1. The number of carbonyl (C=O) groups excluding carboxylic acids is 1. The van der Waals surface area contributed by atoms with Crippen molar-refractivity contribution in [2.24, 2.45) is 0 Å². The molecule has 0 aliphatic carbocycles. The average molecular weight is 245 g/mol. The molecule has 0 unspecified atom stereocenters. The summed E-state index contributed by atoms with van der Waals surface area (Å²) in [5.41, 5.74) is 0.418. The molecule has 4 nitrogen and oxygen atoms in total. The van der Waals surface area contributed by atoms with E-state index in [1.807, 2.05) is 0 Å². The standard InChI is InChI=1S/C9H9ClO2.C2H4O2/c1-2-12-9(11)7-5-3-4-6-8(7)10;1-2(3)4/h3-6H,2H2,1H3;1H3,(H,3,4). The number of rotatable bonds is 2. The van der Waals surface area contributed by atoms with Crippen molar-refractivity contribution >= 4 is 23.5 Å². The van der Waals surface area contributed by atoms with Crippen molar-refractivity contribution in [1.82, 2.24) is 0 Å². The fraction of sp³-hybridized carbons (Fsp3) is 0.273. The summed E-state index contributed by atoms with van der Waals surface area (Å²) >= 11 is 5.75. The number of carbonyl (C=O) groups is 2. The lowest BCUT2D eigenvalue weighted by Gasteiger charge is -2.02. The second-order valence-corrected chi connectivity index (χ2v) is 3.13. The van der Waals surface area contributed by atoms with Crippen LogP contribution in [0.25, 0.3) is 0 Å². The van der Waals surface area contributed by atoms with Crippen LogP contribution in [-0.4, -0.2) is 23.7 Å². The molecule has 0 aliphatic heterocycles. The van der Waals surface area contributed by atoms with Gasteiger partial charge in [0.15, 0.2) is 0 Å². The maximum absolute atomic E-state index is 11.2. The molecule has 0 saturated heterocycles. The van der Waals surface area contributed by atoms with E-state index in [0.29, 0.717) is 17.2 Å². The van der Waals surface area contributed by atoms with Gasteiger partial charge < -0.3 is 9.84 Å². The molecule has 16 heavy (non-hydrogen) atoms. The van der Waals surface area contributed by atoms with Gasteiger partial charge in [0, 0.05) is 6.92 Å². The first-order valence-electron chi connectivity index (χ1n) is 4.60. The molecule has 0 fully saturated rings. The van der Waals surface area contributed by atoms with Crippen LogP contribution >= 0.6 is 11.6 Å². The zero-order valence-electron chi connectivity index (χ0n) is 9.07. The fourth-order valence-corrected chi connectivity index (χ4v) is 1.05. The summed E-state index contributed by atoms with van der Waals surface area (Å²) in [7, 11) is 0. The van der Waals surface area contributed by atoms with Gasteiger partial charge in [0.2, 0.25) is 0 Å². The van der Waals surface area contributed by atoms with Crippen LogP contribution in [0.2, 0.25) is 5.02 Å². The van der Waals surface area contributed by atoms with Crippen LogP contribution < -0.4 is 0 Å². The fourth-order valence-electron chi connectivity index (χ4n) is 0.836. The zero-order valence-corrected chi connectivity index (χ0v) is 9.82. The van der Waals surface area contributed by atoms with E-state index < -0.39 is 5.97 Å². The largest absolute Gasteiger partial charge is 0.481 e. The highest BCUT2D eigenvalue weighted by atomic mass is 35.5. The summed E-state index contributed by atoms with van der Waals surface area (Å²) in [6.45, 7) is 3.21. The minimum absolute atomic E-state index is 0.365. The molecule has 0 atom stereocenters. The Balaban J connectivity index is 0.000000487. The van der Waals surface area contributed by atoms with Crippen molar-refractivity contribution in [3.8, 4) is 0 Å². The van der Waals surface area contributed by atoms with Crippen molar-refractivity contribution in [3.63, 3.8) is 0 Å². The number of ether oxygens (including phenoxy) is 1. The summed E-state index contributed by atoms with van der Waals surface area (Å²) in [6, 6.07) is 6.82. The van der Waals surface area contributed by atoms with Crippen molar-refractivity contribution in [2.75, 3.05) is 6.61 Å². The number of carboxylic acid groups (broad SMARTS) is 1. The van der Waals surface area contributed by atoms with Crippen LogP contribution in [0.5, 0.6) is 0 Å². The molecule has 88 valence electrons. The number of carboxylic acids is 1. The van der Waals surface area contributed by atoms with Crippen molar-refractivity contribution in [3.05, 3.63) is 34.9 Å². The lowest BCUT2D eigenvalue weighted by molar-refractivity contribution is -0.134. The molecular formula is C11H13ClO4. The second kappa shape index (κ2) is 7.70. The quantitative estimate of drug-likeness (QED) is 0.813. The summed E-state index contributed by atoms with van der Waals surface area (Å²) in [6.07, 6.45) is 0. The Labute approximate surface area is 98.8 Å². The van der Waals surface area contributed by atoms with Crippen molar-refractivity contribution < 1.29 is 19.4 Å². The van der Waals surface area contributed by atoms with Gasteiger partial charge in [-0.2, -0.15) is 0 Å². The molecular weight excluding hydrogens is 232 g/mol. The van der Waals surface area contributed by atoms with Crippen LogP contribution in [-0.2, 0) is 9.53 Å². The number of hydrogen-bond acceptors (Lipinski definition) is 3. The van der Waals surface area contributed by atoms with Gasteiger partial charge in [-0.1, -0.05) is 23.7 Å². The first-order valence-corrected chi connectivity index (χ1v) is 4.98. The van der Waals surface area contributed by atoms with E-state index in [1.54, 1.807) is 31.2 Å². The molecule has 1 rings (SSSR count). The molecule has 0 aromatic heterocycles. The van der Waals surface area contributed by atoms with Gasteiger partial charge in [-0.25, -0.2) is 4.79 Å².